The van der Waals surface area contributed by atoms with Gasteiger partial charge in [0.15, 0.2) is 0 Å². The van der Waals surface area contributed by atoms with E-state index in [2.05, 4.69) is 22.1 Å². The fraction of sp³-hybridized carbons (Fsp3) is 0.588. The monoisotopic (exact) mass is 363 g/mol. The first-order valence-electron chi connectivity index (χ1n) is 9.21. The first-order valence-corrected chi connectivity index (χ1v) is 9.16. The van der Waals surface area contributed by atoms with Crippen LogP contribution in [-0.4, -0.2) is 55.5 Å². The Labute approximate surface area is 152 Å². The van der Waals surface area contributed by atoms with Gasteiger partial charge < -0.3 is 18.9 Å². The normalized spacial score (nSPS) is 23.8. The van der Waals surface area contributed by atoms with Crippen molar-refractivity contribution in [2.75, 3.05) is 31.2 Å². The number of hydrogen-bond donors (Lipinski definition) is 0. The third kappa shape index (κ3) is 2.87. The van der Waals surface area contributed by atoms with Gasteiger partial charge in [-0.05, 0) is 55.2 Å². The van der Waals surface area contributed by atoms with E-state index >= 15 is 0 Å². The lowest BCUT2D eigenvalue weighted by Crippen LogP contribution is -2.41. The lowest BCUT2D eigenvalue weighted by Gasteiger charge is -2.32. The molecule has 134 valence electrons. The molecule has 8 heteroatoms. The number of anilines is 1. The standard InChI is InChI=1S/C17H25BN3O3P/c1-16(2)17(3,4)24-18(23-16)15-13-11-12(20-7-9-22-10-8-20)5-6-14(13)21(25)19-15/h5-6,11H,7-10,25H2,1-4H3/i25T. The molecule has 3 heterocycles. The first kappa shape index (κ1) is 16.1. The van der Waals surface area contributed by atoms with E-state index < -0.39 is 18.3 Å². The maximum absolute atomic E-state index is 7.83. The molecule has 25 heavy (non-hydrogen) atoms. The van der Waals surface area contributed by atoms with Gasteiger partial charge in [-0.25, -0.2) is 0 Å². The third-order valence-corrected chi connectivity index (χ3v) is 5.89. The van der Waals surface area contributed by atoms with Crippen LogP contribution in [0.4, 0.5) is 5.69 Å². The van der Waals surface area contributed by atoms with Crippen LogP contribution in [0.5, 0.6) is 0 Å². The molecule has 4 rings (SSSR count). The van der Waals surface area contributed by atoms with Gasteiger partial charge in [0.05, 0.1) is 31.2 Å². The van der Waals surface area contributed by atoms with E-state index in [-0.39, 0.29) is 9.34 Å². The van der Waals surface area contributed by atoms with Crippen molar-refractivity contribution >= 4 is 38.6 Å². The summed E-state index contributed by atoms with van der Waals surface area (Å²) in [5, 5.41) is 5.65. The van der Waals surface area contributed by atoms with Crippen molar-refractivity contribution in [1.29, 1.82) is 1.28 Å². The lowest BCUT2D eigenvalue weighted by molar-refractivity contribution is 0.00578. The smallest absolute Gasteiger partial charge is 0.398 e. The second kappa shape index (κ2) is 5.95. The van der Waals surface area contributed by atoms with Crippen molar-refractivity contribution in [1.82, 2.24) is 9.55 Å². The van der Waals surface area contributed by atoms with Crippen LogP contribution in [0.1, 0.15) is 27.7 Å². The first-order chi connectivity index (χ1) is 12.3. The largest absolute Gasteiger partial charge is 0.517 e. The van der Waals surface area contributed by atoms with E-state index in [0.717, 1.165) is 48.5 Å². The van der Waals surface area contributed by atoms with E-state index in [1.807, 2.05) is 33.8 Å². The molecule has 0 aliphatic carbocycles. The highest BCUT2D eigenvalue weighted by atomic mass is 31.0. The van der Waals surface area contributed by atoms with Crippen molar-refractivity contribution in [3.05, 3.63) is 18.2 Å². The molecule has 0 saturated carbocycles. The number of nitrogens with zero attached hydrogens (tertiary/aromatic N) is 3. The highest BCUT2D eigenvalue weighted by Gasteiger charge is 2.53. The van der Waals surface area contributed by atoms with Gasteiger partial charge in [0.2, 0.25) is 0 Å². The lowest BCUT2D eigenvalue weighted by atomic mass is 9.82. The predicted octanol–water partition coefficient (Wildman–Crippen LogP) is 1.81. The van der Waals surface area contributed by atoms with E-state index in [0.29, 0.717) is 0 Å². The highest BCUT2D eigenvalue weighted by molar-refractivity contribution is 7.14. The van der Waals surface area contributed by atoms with E-state index in [1.54, 1.807) is 4.45 Å². The zero-order valence-electron chi connectivity index (χ0n) is 16.2. The molecule has 2 aliphatic rings. The molecule has 0 amide bonds. The molecule has 6 nitrogen and oxygen atoms in total. The molecule has 2 saturated heterocycles. The summed E-state index contributed by atoms with van der Waals surface area (Å²) >= 11 is 0. The second-order valence-electron chi connectivity index (χ2n) is 7.69. The Morgan fingerprint density at radius 2 is 1.84 bits per heavy atom. The molecule has 2 aromatic rings. The van der Waals surface area contributed by atoms with E-state index in [1.165, 1.54) is 0 Å². The zero-order chi connectivity index (χ0) is 18.5. The van der Waals surface area contributed by atoms with Crippen molar-refractivity contribution in [3.8, 4) is 0 Å². The van der Waals surface area contributed by atoms with Crippen LogP contribution in [0.25, 0.3) is 10.9 Å². The summed E-state index contributed by atoms with van der Waals surface area (Å²) in [6.45, 7) is 11.4. The molecule has 2 fully saturated rings. The van der Waals surface area contributed by atoms with Crippen LogP contribution >= 0.6 is 9.34 Å². The van der Waals surface area contributed by atoms with Gasteiger partial charge in [-0.3, -0.25) is 4.45 Å². The number of ether oxygens (including phenoxy) is 1. The summed E-state index contributed by atoms with van der Waals surface area (Å²) in [6, 6.07) is 6.29. The van der Waals surface area contributed by atoms with Gasteiger partial charge in [0.25, 0.3) is 0 Å². The van der Waals surface area contributed by atoms with Gasteiger partial charge in [0.1, 0.15) is 5.59 Å². The van der Waals surface area contributed by atoms with Crippen LogP contribution in [0.15, 0.2) is 18.2 Å². The molecular weight excluding hydrogens is 336 g/mol. The van der Waals surface area contributed by atoms with Crippen LogP contribution in [0.3, 0.4) is 0 Å². The fourth-order valence-corrected chi connectivity index (χ4v) is 3.58. The summed E-state index contributed by atoms with van der Waals surface area (Å²) in [4.78, 5) is 2.32. The van der Waals surface area contributed by atoms with Crippen LogP contribution in [0, 0.1) is 0 Å². The molecule has 1 aromatic carbocycles. The van der Waals surface area contributed by atoms with Crippen molar-refractivity contribution < 1.29 is 14.0 Å². The van der Waals surface area contributed by atoms with Crippen LogP contribution in [-0.2, 0) is 14.0 Å². The van der Waals surface area contributed by atoms with Gasteiger partial charge in [-0.15, -0.1) is 0 Å². The summed E-state index contributed by atoms with van der Waals surface area (Å²) < 4.78 is 27.4. The minimum atomic E-state index is -0.528. The topological polar surface area (TPSA) is 48.8 Å². The van der Waals surface area contributed by atoms with Gasteiger partial charge in [0, 0.05) is 24.2 Å². The molecule has 0 radical (unpaired) electrons. The molecule has 2 aliphatic heterocycles. The quantitative estimate of drug-likeness (QED) is 0.615. The summed E-state index contributed by atoms with van der Waals surface area (Å²) in [6.07, 6.45) is 0. The van der Waals surface area contributed by atoms with Crippen LogP contribution in [0.2, 0.25) is 0 Å². The number of aromatic nitrogens is 2. The Morgan fingerprint density at radius 3 is 2.48 bits per heavy atom. The second-order valence-corrected chi connectivity index (χ2v) is 8.11. The fourth-order valence-electron chi connectivity index (χ4n) is 3.28. The minimum Gasteiger partial charge on any atom is -0.398 e. The number of fused-ring (bicyclic) bond motifs is 1. The van der Waals surface area contributed by atoms with Crippen LogP contribution < -0.4 is 10.5 Å². The van der Waals surface area contributed by atoms with Gasteiger partial charge in [-0.1, -0.05) is 0 Å². The van der Waals surface area contributed by atoms with Crippen molar-refractivity contribution in [2.45, 2.75) is 38.9 Å². The van der Waals surface area contributed by atoms with E-state index in [9.17, 15) is 0 Å². The summed E-state index contributed by atoms with van der Waals surface area (Å²) in [7, 11) is -0.721. The molecule has 1 aromatic heterocycles. The van der Waals surface area contributed by atoms with E-state index in [4.69, 9.17) is 15.3 Å². The Balaban J connectivity index is 1.76. The number of benzene rings is 1. The SMILES string of the molecule is [3H]Pn1nc(B2OC(C)(C)C(C)(C)O2)c2cc(N3CCOCC3)ccc21. The maximum Gasteiger partial charge on any atom is 0.517 e. The maximum atomic E-state index is 7.83. The molecule has 0 bridgehead atoms. The Hall–Kier alpha value is -1.14. The molecular formula is C17H25BN3O3P. The highest BCUT2D eigenvalue weighted by Crippen LogP contribution is 2.37. The number of hydrogen-bond acceptors (Lipinski definition) is 5. The molecule has 1 unspecified atom stereocenters. The molecule has 1 atom stereocenters. The van der Waals surface area contributed by atoms with Gasteiger partial charge in [-0.2, -0.15) is 5.10 Å². The third-order valence-electron chi connectivity index (χ3n) is 5.54. The number of morpholine rings is 1. The van der Waals surface area contributed by atoms with Gasteiger partial charge >= 0.3 is 7.12 Å². The Morgan fingerprint density at radius 1 is 1.16 bits per heavy atom. The minimum absolute atomic E-state index is 0.193. The molecule has 0 spiro atoms. The zero-order valence-corrected chi connectivity index (χ0v) is 16.2. The van der Waals surface area contributed by atoms with Crippen molar-refractivity contribution in [2.24, 2.45) is 0 Å². The Bertz CT molecular complexity index is 807. The average molecular weight is 363 g/mol. The van der Waals surface area contributed by atoms with Crippen molar-refractivity contribution in [3.63, 3.8) is 0 Å². The summed E-state index contributed by atoms with van der Waals surface area (Å²) in [5.41, 5.74) is 2.01. The number of rotatable bonds is 3. The predicted molar refractivity (Wildman–Crippen MR) is 104 cm³/mol. The average Bonchev–Trinajstić information content (AvgIpc) is 3.09. The Kier molecular flexibility index (Phi) is 3.82. The summed E-state index contributed by atoms with van der Waals surface area (Å²) in [5.74, 6) is 0. The molecule has 0 N–H and O–H groups in total.